The Kier molecular flexibility index (Phi) is 2.63. The van der Waals surface area contributed by atoms with E-state index >= 15 is 0 Å². The number of benzene rings is 1. The number of fused-ring (bicyclic) bond motifs is 1. The molecule has 1 aromatic carbocycles. The SMILES string of the molecule is Nc1cc(CO)c2sccc2c1CCl. The van der Waals surface area contributed by atoms with E-state index in [0.717, 1.165) is 21.2 Å². The number of anilines is 1. The van der Waals surface area contributed by atoms with Gasteiger partial charge >= 0.3 is 0 Å². The van der Waals surface area contributed by atoms with Gasteiger partial charge in [-0.3, -0.25) is 0 Å². The number of hydrogen-bond donors (Lipinski definition) is 2. The maximum atomic E-state index is 9.16. The van der Waals surface area contributed by atoms with Crippen LogP contribution in [0.2, 0.25) is 0 Å². The zero-order valence-electron chi connectivity index (χ0n) is 7.46. The molecule has 0 saturated heterocycles. The summed E-state index contributed by atoms with van der Waals surface area (Å²) in [6, 6.07) is 3.80. The molecule has 0 amide bonds. The summed E-state index contributed by atoms with van der Waals surface area (Å²) < 4.78 is 1.08. The molecule has 2 aromatic rings. The quantitative estimate of drug-likeness (QED) is 0.612. The van der Waals surface area contributed by atoms with E-state index in [4.69, 9.17) is 22.4 Å². The fourth-order valence-electron chi connectivity index (χ4n) is 1.56. The maximum absolute atomic E-state index is 9.16. The van der Waals surface area contributed by atoms with Gasteiger partial charge in [-0.15, -0.1) is 22.9 Å². The monoisotopic (exact) mass is 227 g/mol. The fourth-order valence-corrected chi connectivity index (χ4v) is 2.79. The van der Waals surface area contributed by atoms with Crippen LogP contribution in [0.3, 0.4) is 0 Å². The van der Waals surface area contributed by atoms with Crippen LogP contribution >= 0.6 is 22.9 Å². The van der Waals surface area contributed by atoms with Gasteiger partial charge in [-0.25, -0.2) is 0 Å². The van der Waals surface area contributed by atoms with Crippen LogP contribution in [0.1, 0.15) is 11.1 Å². The third-order valence-electron chi connectivity index (χ3n) is 2.26. The summed E-state index contributed by atoms with van der Waals surface area (Å²) in [5, 5.41) is 12.2. The molecule has 0 bridgehead atoms. The smallest absolute Gasteiger partial charge is 0.0696 e. The zero-order chi connectivity index (χ0) is 10.1. The second-order valence-corrected chi connectivity index (χ2v) is 4.24. The first-order valence-electron chi connectivity index (χ1n) is 4.22. The highest BCUT2D eigenvalue weighted by Crippen LogP contribution is 2.33. The average Bonchev–Trinajstić information content (AvgIpc) is 2.65. The van der Waals surface area contributed by atoms with E-state index in [0.29, 0.717) is 11.6 Å². The molecular weight excluding hydrogens is 218 g/mol. The Labute approximate surface area is 90.9 Å². The number of aliphatic hydroxyl groups excluding tert-OH is 1. The van der Waals surface area contributed by atoms with Crippen LogP contribution in [0, 0.1) is 0 Å². The molecule has 3 N–H and O–H groups in total. The Hall–Kier alpha value is -0.770. The predicted molar refractivity (Wildman–Crippen MR) is 61.7 cm³/mol. The molecule has 1 heterocycles. The summed E-state index contributed by atoms with van der Waals surface area (Å²) in [5.41, 5.74) is 8.34. The van der Waals surface area contributed by atoms with Crippen LogP contribution in [0.15, 0.2) is 17.5 Å². The summed E-state index contributed by atoms with van der Waals surface area (Å²) in [7, 11) is 0. The van der Waals surface area contributed by atoms with Crippen molar-refractivity contribution in [3.05, 3.63) is 28.6 Å². The summed E-state index contributed by atoms with van der Waals surface area (Å²) >= 11 is 7.43. The Balaban J connectivity index is 2.81. The molecule has 0 saturated carbocycles. The van der Waals surface area contributed by atoms with Gasteiger partial charge < -0.3 is 10.8 Å². The molecule has 0 aliphatic heterocycles. The van der Waals surface area contributed by atoms with Gasteiger partial charge in [-0.05, 0) is 34.0 Å². The lowest BCUT2D eigenvalue weighted by molar-refractivity contribution is 0.283. The molecular formula is C10H10ClNOS. The molecule has 1 aromatic heterocycles. The van der Waals surface area contributed by atoms with Crippen molar-refractivity contribution in [2.75, 3.05) is 5.73 Å². The number of nitrogen functional groups attached to an aromatic ring is 1. The number of nitrogens with two attached hydrogens (primary N) is 1. The number of hydrogen-bond acceptors (Lipinski definition) is 3. The fraction of sp³-hybridized carbons (Fsp3) is 0.200. The number of aliphatic hydroxyl groups is 1. The number of thiophene rings is 1. The van der Waals surface area contributed by atoms with E-state index in [2.05, 4.69) is 0 Å². The standard InChI is InChI=1S/C10H10ClNOS/c11-4-8-7-1-2-14-10(7)6(5-13)3-9(8)12/h1-3,13H,4-5,12H2. The van der Waals surface area contributed by atoms with Crippen molar-refractivity contribution in [3.63, 3.8) is 0 Å². The van der Waals surface area contributed by atoms with Gasteiger partial charge in [-0.1, -0.05) is 0 Å². The van der Waals surface area contributed by atoms with Crippen molar-refractivity contribution in [2.24, 2.45) is 0 Å². The van der Waals surface area contributed by atoms with Gasteiger partial charge in [-0.2, -0.15) is 0 Å². The molecule has 0 atom stereocenters. The first-order valence-corrected chi connectivity index (χ1v) is 5.63. The van der Waals surface area contributed by atoms with E-state index in [1.54, 1.807) is 17.4 Å². The van der Waals surface area contributed by atoms with Crippen molar-refractivity contribution in [2.45, 2.75) is 12.5 Å². The first-order chi connectivity index (χ1) is 6.77. The van der Waals surface area contributed by atoms with Gasteiger partial charge in [0.1, 0.15) is 0 Å². The number of rotatable bonds is 2. The van der Waals surface area contributed by atoms with Gasteiger partial charge in [0.05, 0.1) is 12.5 Å². The lowest BCUT2D eigenvalue weighted by Gasteiger charge is -2.07. The van der Waals surface area contributed by atoms with Crippen molar-refractivity contribution >= 4 is 38.7 Å². The summed E-state index contributed by atoms with van der Waals surface area (Å²) in [6.45, 7) is 0.0176. The van der Waals surface area contributed by atoms with Crippen molar-refractivity contribution in [1.29, 1.82) is 0 Å². The Morgan fingerprint density at radius 2 is 2.29 bits per heavy atom. The summed E-state index contributed by atoms with van der Waals surface area (Å²) in [4.78, 5) is 0. The van der Waals surface area contributed by atoms with Gasteiger partial charge in [0, 0.05) is 10.4 Å². The molecule has 74 valence electrons. The van der Waals surface area contributed by atoms with Crippen LogP contribution in [-0.2, 0) is 12.5 Å². The second-order valence-electron chi connectivity index (χ2n) is 3.06. The van der Waals surface area contributed by atoms with E-state index in [1.807, 2.05) is 11.4 Å². The van der Waals surface area contributed by atoms with Crippen LogP contribution in [-0.4, -0.2) is 5.11 Å². The van der Waals surface area contributed by atoms with Crippen LogP contribution < -0.4 is 5.73 Å². The minimum atomic E-state index is 0.0176. The highest BCUT2D eigenvalue weighted by atomic mass is 35.5. The normalized spacial score (nSPS) is 11.0. The van der Waals surface area contributed by atoms with Crippen LogP contribution in [0.5, 0.6) is 0 Å². The maximum Gasteiger partial charge on any atom is 0.0696 e. The summed E-state index contributed by atoms with van der Waals surface area (Å²) in [5.74, 6) is 0.408. The molecule has 14 heavy (non-hydrogen) atoms. The highest BCUT2D eigenvalue weighted by Gasteiger charge is 2.09. The minimum Gasteiger partial charge on any atom is -0.398 e. The zero-order valence-corrected chi connectivity index (χ0v) is 9.03. The van der Waals surface area contributed by atoms with Gasteiger partial charge in [0.15, 0.2) is 0 Å². The predicted octanol–water partition coefficient (Wildman–Crippen LogP) is 2.71. The van der Waals surface area contributed by atoms with Crippen molar-refractivity contribution in [3.8, 4) is 0 Å². The van der Waals surface area contributed by atoms with Crippen LogP contribution in [0.4, 0.5) is 5.69 Å². The van der Waals surface area contributed by atoms with E-state index in [9.17, 15) is 0 Å². The molecule has 0 spiro atoms. The third-order valence-corrected chi connectivity index (χ3v) is 3.52. The Bertz CT molecular complexity index is 466. The lowest BCUT2D eigenvalue weighted by Crippen LogP contribution is -1.95. The van der Waals surface area contributed by atoms with Crippen LogP contribution in [0.25, 0.3) is 10.1 Å². The topological polar surface area (TPSA) is 46.2 Å². The van der Waals surface area contributed by atoms with Gasteiger partial charge in [0.2, 0.25) is 0 Å². The van der Waals surface area contributed by atoms with Crippen molar-refractivity contribution < 1.29 is 5.11 Å². The van der Waals surface area contributed by atoms with E-state index < -0.39 is 0 Å². The minimum absolute atomic E-state index is 0.0176. The molecule has 4 heteroatoms. The van der Waals surface area contributed by atoms with E-state index in [-0.39, 0.29) is 6.61 Å². The molecule has 0 fully saturated rings. The molecule has 2 nitrogen and oxygen atoms in total. The summed E-state index contributed by atoms with van der Waals surface area (Å²) in [6.07, 6.45) is 0. The first kappa shape index (κ1) is 9.77. The third kappa shape index (κ3) is 1.38. The Morgan fingerprint density at radius 3 is 2.93 bits per heavy atom. The average molecular weight is 228 g/mol. The number of alkyl halides is 1. The Morgan fingerprint density at radius 1 is 1.50 bits per heavy atom. The molecule has 2 rings (SSSR count). The molecule has 0 aliphatic carbocycles. The molecule has 0 aliphatic rings. The van der Waals surface area contributed by atoms with Gasteiger partial charge in [0.25, 0.3) is 0 Å². The number of halogens is 1. The van der Waals surface area contributed by atoms with Crippen molar-refractivity contribution in [1.82, 2.24) is 0 Å². The largest absolute Gasteiger partial charge is 0.398 e. The molecule has 0 unspecified atom stereocenters. The highest BCUT2D eigenvalue weighted by molar-refractivity contribution is 7.17. The van der Waals surface area contributed by atoms with E-state index in [1.165, 1.54) is 0 Å². The lowest BCUT2D eigenvalue weighted by atomic mass is 10.1. The molecule has 0 radical (unpaired) electrons. The second kappa shape index (κ2) is 3.77.